The van der Waals surface area contributed by atoms with Crippen molar-refractivity contribution in [3.8, 4) is 0 Å². The number of hydrogen-bond acceptors (Lipinski definition) is 6. The molecule has 5 rings (SSSR count). The van der Waals surface area contributed by atoms with Crippen molar-refractivity contribution in [1.82, 2.24) is 29.4 Å². The largest absolute Gasteiger partial charge is 0.349 e. The van der Waals surface area contributed by atoms with Gasteiger partial charge in [0.15, 0.2) is 0 Å². The van der Waals surface area contributed by atoms with Crippen molar-refractivity contribution in [2.75, 3.05) is 31.1 Å². The zero-order chi connectivity index (χ0) is 19.8. The zero-order valence-electron chi connectivity index (χ0n) is 15.7. The van der Waals surface area contributed by atoms with Crippen molar-refractivity contribution in [3.05, 3.63) is 59.4 Å². The number of nitrogens with zero attached hydrogens (tertiary/aromatic N) is 6. The average Bonchev–Trinajstić information content (AvgIpc) is 3.16. The van der Waals surface area contributed by atoms with Crippen LogP contribution in [0.2, 0.25) is 0 Å². The van der Waals surface area contributed by atoms with Crippen molar-refractivity contribution >= 4 is 33.8 Å². The van der Waals surface area contributed by atoms with Gasteiger partial charge in [0.2, 0.25) is 11.9 Å². The molecule has 0 spiro atoms. The summed E-state index contributed by atoms with van der Waals surface area (Å²) in [6, 6.07) is 9.42. The summed E-state index contributed by atoms with van der Waals surface area (Å²) in [6.45, 7) is 2.41. The molecule has 9 heteroatoms. The Morgan fingerprint density at radius 2 is 1.76 bits per heavy atom. The first kappa shape index (κ1) is 17.4. The van der Waals surface area contributed by atoms with E-state index in [1.54, 1.807) is 23.4 Å². The fraction of sp³-hybridized carbons (Fsp3) is 0.250. The molecular formula is C20H19N7O2. The molecule has 0 radical (unpaired) electrons. The lowest BCUT2D eigenvalue weighted by Gasteiger charge is -2.34. The first-order valence-corrected chi connectivity index (χ1v) is 9.46. The Balaban J connectivity index is 1.32. The minimum absolute atomic E-state index is 0.0288. The quantitative estimate of drug-likeness (QED) is 0.562. The Bertz CT molecular complexity index is 1240. The van der Waals surface area contributed by atoms with Crippen LogP contribution in [0, 0.1) is 0 Å². The Kier molecular flexibility index (Phi) is 4.19. The number of aromatic amines is 1. The van der Waals surface area contributed by atoms with Gasteiger partial charge in [-0.05, 0) is 12.1 Å². The molecule has 1 amide bonds. The number of piperazine rings is 1. The zero-order valence-corrected chi connectivity index (χ0v) is 15.7. The van der Waals surface area contributed by atoms with Crippen LogP contribution in [0.5, 0.6) is 0 Å². The van der Waals surface area contributed by atoms with E-state index in [0.717, 1.165) is 10.9 Å². The van der Waals surface area contributed by atoms with E-state index < -0.39 is 0 Å². The Hall–Kier alpha value is -3.75. The van der Waals surface area contributed by atoms with Crippen LogP contribution in [-0.4, -0.2) is 61.5 Å². The van der Waals surface area contributed by atoms with Crippen LogP contribution < -0.4 is 10.5 Å². The predicted molar refractivity (Wildman–Crippen MR) is 109 cm³/mol. The number of amides is 1. The van der Waals surface area contributed by atoms with E-state index in [-0.39, 0.29) is 18.0 Å². The summed E-state index contributed by atoms with van der Waals surface area (Å²) >= 11 is 0. The van der Waals surface area contributed by atoms with Crippen LogP contribution in [0.1, 0.15) is 0 Å². The molecule has 4 heterocycles. The van der Waals surface area contributed by atoms with Crippen molar-refractivity contribution < 1.29 is 4.79 Å². The predicted octanol–water partition coefficient (Wildman–Crippen LogP) is 1.02. The summed E-state index contributed by atoms with van der Waals surface area (Å²) in [7, 11) is 0. The SMILES string of the molecule is O=C(Cn1cnc2c([nH]c3ccccc32)c1=O)N1CCN(c2ncccn2)CC1. The van der Waals surface area contributed by atoms with Gasteiger partial charge in [0.05, 0.1) is 6.33 Å². The monoisotopic (exact) mass is 389 g/mol. The average molecular weight is 389 g/mol. The van der Waals surface area contributed by atoms with E-state index >= 15 is 0 Å². The van der Waals surface area contributed by atoms with E-state index in [1.807, 2.05) is 29.2 Å². The maximum absolute atomic E-state index is 12.8. The lowest BCUT2D eigenvalue weighted by atomic mass is 10.2. The molecule has 1 N–H and O–H groups in total. The molecule has 0 aliphatic carbocycles. The number of hydrogen-bond donors (Lipinski definition) is 1. The minimum atomic E-state index is -0.240. The molecule has 9 nitrogen and oxygen atoms in total. The number of rotatable bonds is 3. The van der Waals surface area contributed by atoms with Crippen LogP contribution >= 0.6 is 0 Å². The first-order chi connectivity index (χ1) is 14.2. The van der Waals surface area contributed by atoms with Crippen LogP contribution in [0.4, 0.5) is 5.95 Å². The van der Waals surface area contributed by atoms with Gasteiger partial charge in [-0.2, -0.15) is 0 Å². The molecule has 29 heavy (non-hydrogen) atoms. The number of anilines is 1. The first-order valence-electron chi connectivity index (χ1n) is 9.46. The van der Waals surface area contributed by atoms with Crippen molar-refractivity contribution in [3.63, 3.8) is 0 Å². The van der Waals surface area contributed by atoms with Crippen molar-refractivity contribution in [1.29, 1.82) is 0 Å². The highest BCUT2D eigenvalue weighted by Crippen LogP contribution is 2.20. The van der Waals surface area contributed by atoms with Gasteiger partial charge in [0.25, 0.3) is 5.56 Å². The summed E-state index contributed by atoms with van der Waals surface area (Å²) in [5, 5.41) is 0.900. The third kappa shape index (κ3) is 3.10. The van der Waals surface area contributed by atoms with Gasteiger partial charge in [-0.3, -0.25) is 14.2 Å². The normalized spacial score (nSPS) is 14.6. The van der Waals surface area contributed by atoms with E-state index in [1.165, 1.54) is 10.9 Å². The second kappa shape index (κ2) is 7.01. The molecular weight excluding hydrogens is 370 g/mol. The van der Waals surface area contributed by atoms with E-state index in [9.17, 15) is 9.59 Å². The fourth-order valence-electron chi connectivity index (χ4n) is 3.71. The molecule has 0 saturated carbocycles. The maximum atomic E-state index is 12.8. The number of benzene rings is 1. The van der Waals surface area contributed by atoms with Crippen LogP contribution in [0.15, 0.2) is 53.8 Å². The molecule has 4 aromatic rings. The van der Waals surface area contributed by atoms with Gasteiger partial charge in [-0.15, -0.1) is 0 Å². The highest BCUT2D eigenvalue weighted by molar-refractivity contribution is 6.04. The summed E-state index contributed by atoms with van der Waals surface area (Å²) in [5.41, 5.74) is 1.67. The molecule has 1 saturated heterocycles. The molecule has 146 valence electrons. The summed E-state index contributed by atoms with van der Waals surface area (Å²) in [5.74, 6) is 0.572. The van der Waals surface area contributed by atoms with Gasteiger partial charge < -0.3 is 14.8 Å². The lowest BCUT2D eigenvalue weighted by molar-refractivity contribution is -0.132. The number of carbonyl (C=O) groups is 1. The molecule has 3 aromatic heterocycles. The number of nitrogens with one attached hydrogen (secondary N) is 1. The number of H-pyrrole nitrogens is 1. The second-order valence-corrected chi connectivity index (χ2v) is 6.99. The Morgan fingerprint density at radius 1 is 1.00 bits per heavy atom. The molecule has 0 bridgehead atoms. The third-order valence-electron chi connectivity index (χ3n) is 5.25. The van der Waals surface area contributed by atoms with Crippen molar-refractivity contribution in [2.24, 2.45) is 0 Å². The highest BCUT2D eigenvalue weighted by atomic mass is 16.2. The summed E-state index contributed by atoms with van der Waals surface area (Å²) in [4.78, 5) is 45.5. The van der Waals surface area contributed by atoms with Gasteiger partial charge >= 0.3 is 0 Å². The second-order valence-electron chi connectivity index (χ2n) is 6.99. The molecule has 1 aromatic carbocycles. The van der Waals surface area contributed by atoms with Crippen molar-refractivity contribution in [2.45, 2.75) is 6.54 Å². The smallest absolute Gasteiger partial charge is 0.278 e. The number of carbonyl (C=O) groups excluding carboxylic acids is 1. The van der Waals surface area contributed by atoms with E-state index in [4.69, 9.17) is 0 Å². The number of para-hydroxylation sites is 1. The van der Waals surface area contributed by atoms with Gasteiger partial charge in [0, 0.05) is 49.5 Å². The summed E-state index contributed by atoms with van der Waals surface area (Å²) in [6.07, 6.45) is 4.87. The summed E-state index contributed by atoms with van der Waals surface area (Å²) < 4.78 is 1.37. The standard InChI is InChI=1S/C20H19N7O2/c28-16(25-8-10-26(11-9-25)20-21-6-3-7-22-20)12-27-13-23-17-14-4-1-2-5-15(14)24-18(17)19(27)29/h1-7,13,24H,8-12H2. The van der Waals surface area contributed by atoms with Crippen LogP contribution in [-0.2, 0) is 11.3 Å². The molecule has 0 atom stereocenters. The topological polar surface area (TPSA) is 100 Å². The minimum Gasteiger partial charge on any atom is -0.349 e. The van der Waals surface area contributed by atoms with E-state index in [0.29, 0.717) is 43.2 Å². The van der Waals surface area contributed by atoms with Gasteiger partial charge in [-0.25, -0.2) is 15.0 Å². The molecule has 1 aliphatic heterocycles. The highest BCUT2D eigenvalue weighted by Gasteiger charge is 2.23. The van der Waals surface area contributed by atoms with Gasteiger partial charge in [0.1, 0.15) is 17.6 Å². The Labute approximate surface area is 165 Å². The molecule has 0 unspecified atom stereocenters. The molecule has 1 aliphatic rings. The van der Waals surface area contributed by atoms with Crippen LogP contribution in [0.25, 0.3) is 21.9 Å². The lowest BCUT2D eigenvalue weighted by Crippen LogP contribution is -2.50. The maximum Gasteiger partial charge on any atom is 0.278 e. The fourth-order valence-corrected chi connectivity index (χ4v) is 3.71. The third-order valence-corrected chi connectivity index (χ3v) is 5.25. The number of fused-ring (bicyclic) bond motifs is 3. The molecule has 1 fully saturated rings. The van der Waals surface area contributed by atoms with Gasteiger partial charge in [-0.1, -0.05) is 18.2 Å². The number of aromatic nitrogens is 5. The van der Waals surface area contributed by atoms with Crippen LogP contribution in [0.3, 0.4) is 0 Å². The Morgan fingerprint density at radius 3 is 2.55 bits per heavy atom. The van der Waals surface area contributed by atoms with E-state index in [2.05, 4.69) is 19.9 Å².